The van der Waals surface area contributed by atoms with Crippen LogP contribution < -0.4 is 5.32 Å². The van der Waals surface area contributed by atoms with E-state index in [4.69, 9.17) is 0 Å². The maximum Gasteiger partial charge on any atom is 0.257 e. The molecule has 3 aromatic rings. The first-order valence-electron chi connectivity index (χ1n) is 9.30. The number of H-pyrrole nitrogens is 1. The number of imidazole rings is 1. The molecule has 4 rings (SSSR count). The molecule has 146 valence electrons. The number of fused-ring (bicyclic) bond motifs is 1. The van der Waals surface area contributed by atoms with E-state index in [-0.39, 0.29) is 10.8 Å². The summed E-state index contributed by atoms with van der Waals surface area (Å²) in [4.78, 5) is 20.0. The molecule has 7 nitrogen and oxygen atoms in total. The summed E-state index contributed by atoms with van der Waals surface area (Å²) in [5.41, 5.74) is 1.96. The van der Waals surface area contributed by atoms with Crippen molar-refractivity contribution in [1.82, 2.24) is 14.3 Å². The zero-order valence-electron chi connectivity index (χ0n) is 15.6. The highest BCUT2D eigenvalue weighted by Gasteiger charge is 2.28. The molecule has 0 bridgehead atoms. The molecule has 1 aliphatic heterocycles. The summed E-state index contributed by atoms with van der Waals surface area (Å²) < 4.78 is 27.2. The topological polar surface area (TPSA) is 95.2 Å². The lowest BCUT2D eigenvalue weighted by molar-refractivity contribution is 0.102. The van der Waals surface area contributed by atoms with Crippen molar-refractivity contribution < 1.29 is 13.2 Å². The number of nitrogens with zero attached hydrogens (tertiary/aromatic N) is 2. The monoisotopic (exact) mass is 398 g/mol. The number of aromatic nitrogens is 2. The van der Waals surface area contributed by atoms with Gasteiger partial charge < -0.3 is 4.98 Å². The van der Waals surface area contributed by atoms with Crippen molar-refractivity contribution in [3.8, 4) is 0 Å². The van der Waals surface area contributed by atoms with Gasteiger partial charge in [0, 0.05) is 18.7 Å². The van der Waals surface area contributed by atoms with Gasteiger partial charge in [0.15, 0.2) is 0 Å². The summed E-state index contributed by atoms with van der Waals surface area (Å²) in [5, 5.41) is 2.71. The van der Waals surface area contributed by atoms with Crippen LogP contribution in [0.2, 0.25) is 0 Å². The molecule has 0 spiro atoms. The third-order valence-corrected chi connectivity index (χ3v) is 6.87. The lowest BCUT2D eigenvalue weighted by Gasteiger charge is -2.30. The van der Waals surface area contributed by atoms with Crippen LogP contribution in [0.1, 0.15) is 30.1 Å². The molecule has 1 fully saturated rings. The summed E-state index contributed by atoms with van der Waals surface area (Å²) in [6.07, 6.45) is 1.92. The standard InChI is InChI=1S/C20H22N4O3S/c1-14-5-4-12-24(13-14)28(26,27)16-10-8-15(9-11-16)19(25)23-20-21-17-6-2-3-7-18(17)22-20/h2-3,6-11,14H,4-5,12-13H2,1H3,(H2,21,22,23,25)/t14-/m0/s1. The summed E-state index contributed by atoms with van der Waals surface area (Å²) in [6, 6.07) is 13.5. The smallest absolute Gasteiger partial charge is 0.257 e. The van der Waals surface area contributed by atoms with Crippen LogP contribution in [0.4, 0.5) is 5.95 Å². The molecule has 2 aromatic carbocycles. The van der Waals surface area contributed by atoms with Gasteiger partial charge in [-0.3, -0.25) is 10.1 Å². The predicted octanol–water partition coefficient (Wildman–Crippen LogP) is 3.24. The van der Waals surface area contributed by atoms with E-state index in [9.17, 15) is 13.2 Å². The van der Waals surface area contributed by atoms with Crippen LogP contribution in [0.5, 0.6) is 0 Å². The maximum atomic E-state index is 12.8. The van der Waals surface area contributed by atoms with Gasteiger partial charge in [-0.1, -0.05) is 19.1 Å². The molecule has 28 heavy (non-hydrogen) atoms. The number of nitrogens with one attached hydrogen (secondary N) is 2. The molecular formula is C20H22N4O3S. The second-order valence-corrected chi connectivity index (χ2v) is 9.13. The second kappa shape index (κ2) is 7.37. The Balaban J connectivity index is 1.50. The highest BCUT2D eigenvalue weighted by atomic mass is 32.2. The molecule has 2 N–H and O–H groups in total. The largest absolute Gasteiger partial charge is 0.324 e. The van der Waals surface area contributed by atoms with E-state index in [1.54, 1.807) is 0 Å². The van der Waals surface area contributed by atoms with Gasteiger partial charge in [-0.15, -0.1) is 0 Å². The summed E-state index contributed by atoms with van der Waals surface area (Å²) in [7, 11) is -3.53. The zero-order chi connectivity index (χ0) is 19.7. The van der Waals surface area contributed by atoms with Gasteiger partial charge in [-0.25, -0.2) is 13.4 Å². The summed E-state index contributed by atoms with van der Waals surface area (Å²) in [5.74, 6) is 0.359. The Labute approximate surface area is 163 Å². The molecule has 0 aliphatic carbocycles. The van der Waals surface area contributed by atoms with E-state index < -0.39 is 10.0 Å². The van der Waals surface area contributed by atoms with Crippen molar-refractivity contribution in [3.05, 3.63) is 54.1 Å². The first kappa shape index (κ1) is 18.6. The average Bonchev–Trinajstić information content (AvgIpc) is 3.10. The normalized spacial score (nSPS) is 18.2. The molecule has 1 atom stereocenters. The first-order chi connectivity index (χ1) is 13.4. The lowest BCUT2D eigenvalue weighted by atomic mass is 10.0. The Bertz CT molecular complexity index is 1070. The van der Waals surface area contributed by atoms with Crippen molar-refractivity contribution in [1.29, 1.82) is 0 Å². The Morgan fingerprint density at radius 2 is 1.93 bits per heavy atom. The van der Waals surface area contributed by atoms with Gasteiger partial charge in [0.05, 0.1) is 15.9 Å². The zero-order valence-corrected chi connectivity index (χ0v) is 16.4. The number of rotatable bonds is 4. The van der Waals surface area contributed by atoms with E-state index in [1.807, 2.05) is 24.3 Å². The molecule has 8 heteroatoms. The number of hydrogen-bond donors (Lipinski definition) is 2. The lowest BCUT2D eigenvalue weighted by Crippen LogP contribution is -2.39. The quantitative estimate of drug-likeness (QED) is 0.705. The number of piperidine rings is 1. The SMILES string of the molecule is C[C@H]1CCCN(S(=O)(=O)c2ccc(C(=O)Nc3nc4ccccc4[nH]3)cc2)C1. The fourth-order valence-corrected chi connectivity index (χ4v) is 5.08. The highest BCUT2D eigenvalue weighted by Crippen LogP contribution is 2.24. The fraction of sp³-hybridized carbons (Fsp3) is 0.300. The average molecular weight is 398 g/mol. The highest BCUT2D eigenvalue weighted by molar-refractivity contribution is 7.89. The predicted molar refractivity (Wildman–Crippen MR) is 108 cm³/mol. The van der Waals surface area contributed by atoms with E-state index in [1.165, 1.54) is 28.6 Å². The van der Waals surface area contributed by atoms with Crippen molar-refractivity contribution in [2.24, 2.45) is 5.92 Å². The number of aromatic amines is 1. The van der Waals surface area contributed by atoms with E-state index in [2.05, 4.69) is 22.2 Å². The van der Waals surface area contributed by atoms with Crippen LogP contribution in [-0.2, 0) is 10.0 Å². The number of para-hydroxylation sites is 2. The third kappa shape index (κ3) is 3.65. The van der Waals surface area contributed by atoms with Crippen LogP contribution >= 0.6 is 0 Å². The molecule has 1 saturated heterocycles. The molecule has 0 saturated carbocycles. The minimum absolute atomic E-state index is 0.210. The molecule has 2 heterocycles. The first-order valence-corrected chi connectivity index (χ1v) is 10.7. The van der Waals surface area contributed by atoms with Crippen molar-refractivity contribution >= 4 is 32.9 Å². The number of carbonyl (C=O) groups is 1. The fourth-order valence-electron chi connectivity index (χ4n) is 3.48. The number of carbonyl (C=O) groups excluding carboxylic acids is 1. The molecule has 1 aromatic heterocycles. The number of hydrogen-bond acceptors (Lipinski definition) is 4. The van der Waals surface area contributed by atoms with E-state index >= 15 is 0 Å². The molecule has 0 radical (unpaired) electrons. The van der Waals surface area contributed by atoms with Gasteiger partial charge in [-0.2, -0.15) is 4.31 Å². The third-order valence-electron chi connectivity index (χ3n) is 5.00. The molecule has 0 unspecified atom stereocenters. The molecule has 1 amide bonds. The van der Waals surface area contributed by atoms with Crippen LogP contribution in [0.25, 0.3) is 11.0 Å². The Morgan fingerprint density at radius 3 is 2.64 bits per heavy atom. The number of anilines is 1. The number of sulfonamides is 1. The van der Waals surface area contributed by atoms with E-state index in [0.717, 1.165) is 23.9 Å². The van der Waals surface area contributed by atoms with Gasteiger partial charge in [0.25, 0.3) is 5.91 Å². The van der Waals surface area contributed by atoms with Crippen LogP contribution in [0.3, 0.4) is 0 Å². The van der Waals surface area contributed by atoms with E-state index in [0.29, 0.717) is 30.5 Å². The Kier molecular flexibility index (Phi) is 4.91. The molecule has 1 aliphatic rings. The van der Waals surface area contributed by atoms with Crippen molar-refractivity contribution in [2.45, 2.75) is 24.7 Å². The second-order valence-electron chi connectivity index (χ2n) is 7.19. The van der Waals surface area contributed by atoms with Crippen LogP contribution in [0, 0.1) is 5.92 Å². The van der Waals surface area contributed by atoms with Gasteiger partial charge >= 0.3 is 0 Å². The minimum Gasteiger partial charge on any atom is -0.324 e. The van der Waals surface area contributed by atoms with Crippen LogP contribution in [-0.4, -0.2) is 41.7 Å². The number of benzene rings is 2. The van der Waals surface area contributed by atoms with Gasteiger partial charge in [-0.05, 0) is 55.2 Å². The Hall–Kier alpha value is -2.71. The number of amides is 1. The van der Waals surface area contributed by atoms with Crippen LogP contribution in [0.15, 0.2) is 53.4 Å². The maximum absolute atomic E-state index is 12.8. The van der Waals surface area contributed by atoms with Crippen molar-refractivity contribution in [3.63, 3.8) is 0 Å². The van der Waals surface area contributed by atoms with Gasteiger partial charge in [0.2, 0.25) is 16.0 Å². The Morgan fingerprint density at radius 1 is 1.18 bits per heavy atom. The minimum atomic E-state index is -3.53. The van der Waals surface area contributed by atoms with Crippen molar-refractivity contribution in [2.75, 3.05) is 18.4 Å². The molecular weight excluding hydrogens is 376 g/mol. The summed E-state index contributed by atoms with van der Waals surface area (Å²) >= 11 is 0. The summed E-state index contributed by atoms with van der Waals surface area (Å²) in [6.45, 7) is 3.14. The van der Waals surface area contributed by atoms with Gasteiger partial charge in [0.1, 0.15) is 0 Å².